The van der Waals surface area contributed by atoms with Gasteiger partial charge in [0.15, 0.2) is 9.84 Å². The summed E-state index contributed by atoms with van der Waals surface area (Å²) in [6.07, 6.45) is 1.11. The molecule has 0 aliphatic carbocycles. The van der Waals surface area contributed by atoms with Gasteiger partial charge in [-0.25, -0.2) is 16.8 Å². The van der Waals surface area contributed by atoms with Gasteiger partial charge < -0.3 is 10.6 Å². The highest BCUT2D eigenvalue weighted by molar-refractivity contribution is 7.91. The molecule has 0 radical (unpaired) electrons. The first-order valence-electron chi connectivity index (χ1n) is 10.4. The maximum atomic E-state index is 12.8. The van der Waals surface area contributed by atoms with Crippen LogP contribution in [0.5, 0.6) is 0 Å². The van der Waals surface area contributed by atoms with Gasteiger partial charge in [-0.2, -0.15) is 4.31 Å². The van der Waals surface area contributed by atoms with Crippen LogP contribution in [0.15, 0.2) is 29.2 Å². The van der Waals surface area contributed by atoms with E-state index in [0.29, 0.717) is 19.3 Å². The molecular formula is C20H29N3O6S2. The van der Waals surface area contributed by atoms with E-state index in [4.69, 9.17) is 0 Å². The number of aryl methyl sites for hydroxylation is 1. The summed E-state index contributed by atoms with van der Waals surface area (Å²) in [4.78, 5) is 25.1. The number of nitrogens with one attached hydrogen (secondary N) is 2. The summed E-state index contributed by atoms with van der Waals surface area (Å²) >= 11 is 0. The van der Waals surface area contributed by atoms with Gasteiger partial charge in [-0.05, 0) is 45.2 Å². The van der Waals surface area contributed by atoms with E-state index in [9.17, 15) is 26.4 Å². The lowest BCUT2D eigenvalue weighted by molar-refractivity contribution is -0.131. The fourth-order valence-corrected chi connectivity index (χ4v) is 6.99. The molecule has 0 unspecified atom stereocenters. The lowest BCUT2D eigenvalue weighted by atomic mass is 9.97. The van der Waals surface area contributed by atoms with E-state index in [2.05, 4.69) is 10.6 Å². The number of rotatable bonds is 6. The molecule has 0 spiro atoms. The SMILES string of the molecule is Cc1ccc(S(=O)(=O)N2CCC(C(=O)N[C@@H](C)C(=O)N[C@H]3CCS(=O)(=O)C3)CC2)cc1. The van der Waals surface area contributed by atoms with E-state index < -0.39 is 37.9 Å². The topological polar surface area (TPSA) is 130 Å². The quantitative estimate of drug-likeness (QED) is 0.610. The van der Waals surface area contributed by atoms with Gasteiger partial charge in [0.05, 0.1) is 16.4 Å². The maximum Gasteiger partial charge on any atom is 0.243 e. The Balaban J connectivity index is 1.49. The Hall–Kier alpha value is -1.98. The smallest absolute Gasteiger partial charge is 0.243 e. The average molecular weight is 472 g/mol. The van der Waals surface area contributed by atoms with Crippen molar-refractivity contribution in [3.8, 4) is 0 Å². The number of carbonyl (C=O) groups is 2. The first-order chi connectivity index (χ1) is 14.5. The van der Waals surface area contributed by atoms with Crippen molar-refractivity contribution in [2.75, 3.05) is 24.6 Å². The molecule has 1 aromatic carbocycles. The Kier molecular flexibility index (Phi) is 7.07. The van der Waals surface area contributed by atoms with E-state index in [1.54, 1.807) is 31.2 Å². The third kappa shape index (κ3) is 5.83. The summed E-state index contributed by atoms with van der Waals surface area (Å²) in [6, 6.07) is 5.44. The first kappa shape index (κ1) is 23.7. The fourth-order valence-electron chi connectivity index (χ4n) is 3.85. The van der Waals surface area contributed by atoms with Crippen LogP contribution >= 0.6 is 0 Å². The van der Waals surface area contributed by atoms with Gasteiger partial charge in [-0.15, -0.1) is 0 Å². The van der Waals surface area contributed by atoms with Gasteiger partial charge in [-0.1, -0.05) is 17.7 Å². The van der Waals surface area contributed by atoms with Crippen LogP contribution < -0.4 is 10.6 Å². The maximum absolute atomic E-state index is 12.8. The van der Waals surface area contributed by atoms with Crippen LogP contribution in [-0.4, -0.2) is 69.6 Å². The Morgan fingerprint density at radius 1 is 1.10 bits per heavy atom. The number of hydrogen-bond acceptors (Lipinski definition) is 6. The number of hydrogen-bond donors (Lipinski definition) is 2. The number of piperidine rings is 1. The second kappa shape index (κ2) is 9.25. The van der Waals surface area contributed by atoms with E-state index >= 15 is 0 Å². The van der Waals surface area contributed by atoms with Crippen LogP contribution in [0, 0.1) is 12.8 Å². The van der Waals surface area contributed by atoms with Gasteiger partial charge in [0.1, 0.15) is 6.04 Å². The number of sulfonamides is 1. The molecule has 172 valence electrons. The van der Waals surface area contributed by atoms with Gasteiger partial charge in [0, 0.05) is 25.0 Å². The Morgan fingerprint density at radius 2 is 1.71 bits per heavy atom. The highest BCUT2D eigenvalue weighted by atomic mass is 32.2. The molecule has 2 heterocycles. The molecule has 2 aliphatic rings. The van der Waals surface area contributed by atoms with Crippen molar-refractivity contribution in [1.29, 1.82) is 0 Å². The summed E-state index contributed by atoms with van der Waals surface area (Å²) in [6.45, 7) is 3.90. The normalized spacial score (nSPS) is 23.2. The molecule has 2 aliphatic heterocycles. The Labute approximate surface area is 183 Å². The molecule has 2 saturated heterocycles. The molecule has 0 saturated carbocycles. The largest absolute Gasteiger partial charge is 0.351 e. The number of carbonyl (C=O) groups excluding carboxylic acids is 2. The molecule has 0 aromatic heterocycles. The summed E-state index contributed by atoms with van der Waals surface area (Å²) in [5.41, 5.74) is 0.974. The van der Waals surface area contributed by atoms with E-state index in [1.807, 2.05) is 6.92 Å². The molecule has 2 amide bonds. The predicted octanol–water partition coefficient (Wildman–Crippen LogP) is 0.204. The van der Waals surface area contributed by atoms with Crippen molar-refractivity contribution in [1.82, 2.24) is 14.9 Å². The summed E-state index contributed by atoms with van der Waals surface area (Å²) in [5, 5.41) is 5.34. The second-order valence-electron chi connectivity index (χ2n) is 8.33. The van der Waals surface area contributed by atoms with Crippen LogP contribution in [0.4, 0.5) is 0 Å². The van der Waals surface area contributed by atoms with E-state index in [0.717, 1.165) is 5.56 Å². The second-order valence-corrected chi connectivity index (χ2v) is 12.5. The Morgan fingerprint density at radius 3 is 2.26 bits per heavy atom. The molecule has 3 rings (SSSR count). The molecule has 2 fully saturated rings. The predicted molar refractivity (Wildman–Crippen MR) is 115 cm³/mol. The van der Waals surface area contributed by atoms with Crippen molar-refractivity contribution in [2.24, 2.45) is 5.92 Å². The van der Waals surface area contributed by atoms with Crippen molar-refractivity contribution >= 4 is 31.7 Å². The van der Waals surface area contributed by atoms with Gasteiger partial charge in [0.2, 0.25) is 21.8 Å². The average Bonchev–Trinajstić information content (AvgIpc) is 3.06. The van der Waals surface area contributed by atoms with Crippen molar-refractivity contribution in [3.63, 3.8) is 0 Å². The lowest BCUT2D eigenvalue weighted by Crippen LogP contribution is -2.51. The van der Waals surface area contributed by atoms with Crippen molar-refractivity contribution < 1.29 is 26.4 Å². The first-order valence-corrected chi connectivity index (χ1v) is 13.6. The van der Waals surface area contributed by atoms with Gasteiger partial charge in [0.25, 0.3) is 0 Å². The number of nitrogens with zero attached hydrogens (tertiary/aromatic N) is 1. The van der Waals surface area contributed by atoms with Crippen LogP contribution in [0.3, 0.4) is 0 Å². The molecule has 1 aromatic rings. The third-order valence-electron chi connectivity index (χ3n) is 5.81. The molecule has 11 heteroatoms. The minimum absolute atomic E-state index is 0.0583. The number of amides is 2. The molecule has 2 atom stereocenters. The lowest BCUT2D eigenvalue weighted by Gasteiger charge is -2.31. The molecule has 9 nitrogen and oxygen atoms in total. The number of sulfone groups is 1. The van der Waals surface area contributed by atoms with Gasteiger partial charge in [-0.3, -0.25) is 9.59 Å². The molecular weight excluding hydrogens is 442 g/mol. The molecule has 2 N–H and O–H groups in total. The van der Waals surface area contributed by atoms with Crippen molar-refractivity contribution in [2.45, 2.75) is 50.1 Å². The number of benzene rings is 1. The van der Waals surface area contributed by atoms with Crippen LogP contribution in [0.25, 0.3) is 0 Å². The fraction of sp³-hybridized carbons (Fsp3) is 0.600. The van der Waals surface area contributed by atoms with Gasteiger partial charge >= 0.3 is 0 Å². The zero-order valence-corrected chi connectivity index (χ0v) is 19.3. The zero-order valence-electron chi connectivity index (χ0n) is 17.7. The summed E-state index contributed by atoms with van der Waals surface area (Å²) < 4.78 is 50.0. The summed E-state index contributed by atoms with van der Waals surface area (Å²) in [7, 11) is -6.70. The van der Waals surface area contributed by atoms with E-state index in [-0.39, 0.29) is 41.3 Å². The van der Waals surface area contributed by atoms with Crippen LogP contribution in [-0.2, 0) is 29.4 Å². The summed E-state index contributed by atoms with van der Waals surface area (Å²) in [5.74, 6) is -1.12. The highest BCUT2D eigenvalue weighted by Gasteiger charge is 2.34. The minimum atomic E-state index is -3.60. The van der Waals surface area contributed by atoms with E-state index in [1.165, 1.54) is 4.31 Å². The standard InChI is InChI=1S/C20H29N3O6S2/c1-14-3-5-18(6-4-14)31(28,29)23-10-7-16(8-11-23)20(25)21-15(2)19(24)22-17-9-12-30(26,27)13-17/h3-6,15-17H,7-13H2,1-2H3,(H,21,25)(H,22,24)/t15-,17-/m0/s1. The molecule has 0 bridgehead atoms. The monoisotopic (exact) mass is 471 g/mol. The third-order valence-corrected chi connectivity index (χ3v) is 9.50. The zero-order chi connectivity index (χ0) is 22.8. The van der Waals surface area contributed by atoms with Crippen LogP contribution in [0.2, 0.25) is 0 Å². The molecule has 31 heavy (non-hydrogen) atoms. The Bertz CT molecular complexity index is 1030. The van der Waals surface area contributed by atoms with Crippen LogP contribution in [0.1, 0.15) is 31.7 Å². The highest BCUT2D eigenvalue weighted by Crippen LogP contribution is 2.24. The van der Waals surface area contributed by atoms with Crippen molar-refractivity contribution in [3.05, 3.63) is 29.8 Å². The minimum Gasteiger partial charge on any atom is -0.351 e.